The Morgan fingerprint density at radius 1 is 1.29 bits per heavy atom. The lowest BCUT2D eigenvalue weighted by Crippen LogP contribution is -2.25. The van der Waals surface area contributed by atoms with Crippen LogP contribution in [-0.4, -0.2) is 18.1 Å². The Balaban J connectivity index is 1.72. The Kier molecular flexibility index (Phi) is 3.43. The summed E-state index contributed by atoms with van der Waals surface area (Å²) in [6.45, 7) is 0. The van der Waals surface area contributed by atoms with Crippen LogP contribution in [0.5, 0.6) is 5.75 Å². The van der Waals surface area contributed by atoms with Gasteiger partial charge in [0.2, 0.25) is 0 Å². The first-order valence-electron chi connectivity index (χ1n) is 7.72. The van der Waals surface area contributed by atoms with Gasteiger partial charge in [-0.2, -0.15) is 0 Å². The summed E-state index contributed by atoms with van der Waals surface area (Å²) in [7, 11) is 1.74. The van der Waals surface area contributed by atoms with Gasteiger partial charge in [0, 0.05) is 16.5 Å². The molecule has 2 aromatic rings. The highest BCUT2D eigenvalue weighted by Crippen LogP contribution is 2.38. The van der Waals surface area contributed by atoms with E-state index in [0.717, 1.165) is 12.2 Å². The minimum absolute atomic E-state index is 0.171. The largest absolute Gasteiger partial charge is 0.496 e. The summed E-state index contributed by atoms with van der Waals surface area (Å²) >= 11 is 1.88. The molecular formula is C17H20N2OS. The van der Waals surface area contributed by atoms with Crippen LogP contribution in [0, 0.1) is 0 Å². The van der Waals surface area contributed by atoms with E-state index in [1.54, 1.807) is 7.11 Å². The van der Waals surface area contributed by atoms with Gasteiger partial charge in [-0.3, -0.25) is 0 Å². The van der Waals surface area contributed by atoms with Gasteiger partial charge in [0.1, 0.15) is 10.8 Å². The van der Waals surface area contributed by atoms with Crippen molar-refractivity contribution in [1.82, 2.24) is 10.3 Å². The Labute approximate surface area is 129 Å². The number of benzene rings is 1. The van der Waals surface area contributed by atoms with Gasteiger partial charge < -0.3 is 10.1 Å². The van der Waals surface area contributed by atoms with Crippen molar-refractivity contribution in [3.63, 3.8) is 0 Å². The molecular weight excluding hydrogens is 280 g/mol. The first-order chi connectivity index (χ1) is 10.3. The van der Waals surface area contributed by atoms with E-state index in [9.17, 15) is 0 Å². The molecule has 0 amide bonds. The second-order valence-electron chi connectivity index (χ2n) is 5.89. The number of para-hydroxylation sites is 1. The second kappa shape index (κ2) is 5.43. The summed E-state index contributed by atoms with van der Waals surface area (Å²) in [6, 6.07) is 9.12. The number of aryl methyl sites for hydroxylation is 2. The molecule has 4 rings (SSSR count). The molecule has 0 radical (unpaired) electrons. The predicted molar refractivity (Wildman–Crippen MR) is 85.1 cm³/mol. The SMILES string of the molecule is COc1ccccc1C(NC1CC1)c1nc2c(s1)CCC2. The highest BCUT2D eigenvalue weighted by atomic mass is 32.1. The molecule has 1 heterocycles. The molecule has 1 unspecified atom stereocenters. The number of thiazole rings is 1. The number of nitrogens with zero attached hydrogens (tertiary/aromatic N) is 1. The van der Waals surface area contributed by atoms with Crippen molar-refractivity contribution in [2.45, 2.75) is 44.2 Å². The third kappa shape index (κ3) is 2.58. The van der Waals surface area contributed by atoms with Gasteiger partial charge >= 0.3 is 0 Å². The molecule has 0 spiro atoms. The van der Waals surface area contributed by atoms with Gasteiger partial charge in [0.25, 0.3) is 0 Å². The van der Waals surface area contributed by atoms with E-state index >= 15 is 0 Å². The van der Waals surface area contributed by atoms with Crippen molar-refractivity contribution < 1.29 is 4.74 Å². The molecule has 1 aromatic heterocycles. The molecule has 1 atom stereocenters. The van der Waals surface area contributed by atoms with Crippen molar-refractivity contribution in [3.05, 3.63) is 45.4 Å². The number of aromatic nitrogens is 1. The summed E-state index contributed by atoms with van der Waals surface area (Å²) in [6.07, 6.45) is 6.17. The summed E-state index contributed by atoms with van der Waals surface area (Å²) in [5, 5.41) is 4.96. The number of methoxy groups -OCH3 is 1. The number of hydrogen-bond acceptors (Lipinski definition) is 4. The molecule has 0 saturated heterocycles. The average Bonchev–Trinajstić information content (AvgIpc) is 3.08. The lowest BCUT2D eigenvalue weighted by atomic mass is 10.1. The minimum Gasteiger partial charge on any atom is -0.496 e. The number of fused-ring (bicyclic) bond motifs is 1. The van der Waals surface area contributed by atoms with E-state index in [-0.39, 0.29) is 6.04 Å². The Morgan fingerprint density at radius 3 is 2.90 bits per heavy atom. The fourth-order valence-corrected chi connectivity index (χ4v) is 4.25. The summed E-state index contributed by atoms with van der Waals surface area (Å²) in [5.74, 6) is 0.950. The maximum absolute atomic E-state index is 5.56. The van der Waals surface area contributed by atoms with Crippen molar-refractivity contribution >= 4 is 11.3 Å². The van der Waals surface area contributed by atoms with E-state index in [2.05, 4.69) is 17.4 Å². The van der Waals surface area contributed by atoms with Crippen LogP contribution in [0.2, 0.25) is 0 Å². The van der Waals surface area contributed by atoms with Crippen LogP contribution in [0.15, 0.2) is 24.3 Å². The van der Waals surface area contributed by atoms with Crippen LogP contribution in [0.3, 0.4) is 0 Å². The van der Waals surface area contributed by atoms with Gasteiger partial charge in [0.05, 0.1) is 18.8 Å². The highest BCUT2D eigenvalue weighted by Gasteiger charge is 2.30. The van der Waals surface area contributed by atoms with Crippen LogP contribution in [0.25, 0.3) is 0 Å². The standard InChI is InChI=1S/C17H20N2OS/c1-20-14-7-3-2-5-12(14)16(18-11-9-10-11)17-19-13-6-4-8-15(13)21-17/h2-3,5,7,11,16,18H,4,6,8-10H2,1H3. The highest BCUT2D eigenvalue weighted by molar-refractivity contribution is 7.11. The van der Waals surface area contributed by atoms with Crippen molar-refractivity contribution in [1.29, 1.82) is 0 Å². The zero-order valence-electron chi connectivity index (χ0n) is 12.3. The lowest BCUT2D eigenvalue weighted by Gasteiger charge is -2.19. The molecule has 1 N–H and O–H groups in total. The maximum Gasteiger partial charge on any atom is 0.124 e. The molecule has 3 nitrogen and oxygen atoms in total. The van der Waals surface area contributed by atoms with Gasteiger partial charge in [-0.15, -0.1) is 11.3 Å². The van der Waals surface area contributed by atoms with Crippen LogP contribution >= 0.6 is 11.3 Å². The van der Waals surface area contributed by atoms with Gasteiger partial charge in [-0.25, -0.2) is 4.98 Å². The van der Waals surface area contributed by atoms with Crippen molar-refractivity contribution in [2.24, 2.45) is 0 Å². The van der Waals surface area contributed by atoms with Crippen molar-refractivity contribution in [2.75, 3.05) is 7.11 Å². The fourth-order valence-electron chi connectivity index (χ4n) is 3.02. The molecule has 2 aliphatic rings. The normalized spacial score (nSPS) is 18.5. The van der Waals surface area contributed by atoms with Crippen LogP contribution in [0.4, 0.5) is 0 Å². The Bertz CT molecular complexity index is 626. The van der Waals surface area contributed by atoms with E-state index in [1.165, 1.54) is 46.8 Å². The minimum atomic E-state index is 0.171. The van der Waals surface area contributed by atoms with Crippen molar-refractivity contribution in [3.8, 4) is 5.75 Å². The molecule has 21 heavy (non-hydrogen) atoms. The van der Waals surface area contributed by atoms with Gasteiger partial charge in [-0.05, 0) is 38.2 Å². The molecule has 2 aliphatic carbocycles. The average molecular weight is 300 g/mol. The van der Waals surface area contributed by atoms with E-state index in [1.807, 2.05) is 23.5 Å². The summed E-state index contributed by atoms with van der Waals surface area (Å²) < 4.78 is 5.56. The lowest BCUT2D eigenvalue weighted by molar-refractivity contribution is 0.403. The van der Waals surface area contributed by atoms with Crippen LogP contribution < -0.4 is 10.1 Å². The Morgan fingerprint density at radius 2 is 2.14 bits per heavy atom. The van der Waals surface area contributed by atoms with Gasteiger partial charge in [-0.1, -0.05) is 18.2 Å². The second-order valence-corrected chi connectivity index (χ2v) is 7.01. The van der Waals surface area contributed by atoms with Crippen LogP contribution in [-0.2, 0) is 12.8 Å². The third-order valence-electron chi connectivity index (χ3n) is 4.29. The van der Waals surface area contributed by atoms with Crippen LogP contribution in [0.1, 0.15) is 46.4 Å². The smallest absolute Gasteiger partial charge is 0.124 e. The fraction of sp³-hybridized carbons (Fsp3) is 0.471. The number of hydrogen-bond donors (Lipinski definition) is 1. The van der Waals surface area contributed by atoms with E-state index < -0.39 is 0 Å². The monoisotopic (exact) mass is 300 g/mol. The molecule has 1 fully saturated rings. The first-order valence-corrected chi connectivity index (χ1v) is 8.54. The number of rotatable bonds is 5. The molecule has 1 saturated carbocycles. The quantitative estimate of drug-likeness (QED) is 0.918. The van der Waals surface area contributed by atoms with E-state index in [0.29, 0.717) is 6.04 Å². The molecule has 4 heteroatoms. The molecule has 0 bridgehead atoms. The summed E-state index contributed by atoms with van der Waals surface area (Å²) in [4.78, 5) is 6.41. The zero-order valence-corrected chi connectivity index (χ0v) is 13.1. The maximum atomic E-state index is 5.56. The topological polar surface area (TPSA) is 34.1 Å². The molecule has 1 aromatic carbocycles. The van der Waals surface area contributed by atoms with Gasteiger partial charge in [0.15, 0.2) is 0 Å². The summed E-state index contributed by atoms with van der Waals surface area (Å²) in [5.41, 5.74) is 2.53. The number of ether oxygens (including phenoxy) is 1. The predicted octanol–water partition coefficient (Wildman–Crippen LogP) is 3.48. The first kappa shape index (κ1) is 13.3. The zero-order chi connectivity index (χ0) is 14.2. The molecule has 0 aliphatic heterocycles. The Hall–Kier alpha value is -1.39. The number of nitrogens with one attached hydrogen (secondary N) is 1. The van der Waals surface area contributed by atoms with E-state index in [4.69, 9.17) is 9.72 Å². The third-order valence-corrected chi connectivity index (χ3v) is 5.51. The molecule has 110 valence electrons.